The summed E-state index contributed by atoms with van der Waals surface area (Å²) in [7, 11) is 0. The molecule has 2 saturated carbocycles. The molecule has 0 saturated heterocycles. The largest absolute Gasteiger partial charge is 0.573 e. The van der Waals surface area contributed by atoms with Gasteiger partial charge in [0.15, 0.2) is 0 Å². The van der Waals surface area contributed by atoms with E-state index in [1.54, 1.807) is 17.8 Å². The van der Waals surface area contributed by atoms with Gasteiger partial charge in [-0.15, -0.1) is 13.2 Å². The molecule has 1 amide bonds. The predicted octanol–water partition coefficient (Wildman–Crippen LogP) is 6.37. The van der Waals surface area contributed by atoms with Crippen LogP contribution in [0.1, 0.15) is 55.5 Å². The fourth-order valence-electron chi connectivity index (χ4n) is 4.76. The molecule has 2 aromatic carbocycles. The fraction of sp³-hybridized carbons (Fsp3) is 0.393. The maximum absolute atomic E-state index is 15.5. The molecule has 3 aromatic rings. The molecule has 5 rings (SSSR count). The average Bonchev–Trinajstić information content (AvgIpc) is 3.76. The van der Waals surface area contributed by atoms with Gasteiger partial charge in [-0.1, -0.05) is 13.0 Å². The van der Waals surface area contributed by atoms with Gasteiger partial charge in [0.2, 0.25) is 5.91 Å². The van der Waals surface area contributed by atoms with Crippen LogP contribution in [0.5, 0.6) is 5.75 Å². The molecule has 0 aliphatic heterocycles. The molecule has 0 spiro atoms. The molecule has 1 N–H and O–H groups in total. The van der Waals surface area contributed by atoms with E-state index >= 15 is 4.39 Å². The summed E-state index contributed by atoms with van der Waals surface area (Å²) in [5.74, 6) is -4.09. The molecule has 40 heavy (non-hydrogen) atoms. The third-order valence-electron chi connectivity index (χ3n) is 7.29. The van der Waals surface area contributed by atoms with Gasteiger partial charge in [-0.05, 0) is 56.2 Å². The van der Waals surface area contributed by atoms with Crippen LogP contribution in [0.4, 0.5) is 27.6 Å². The number of halogens is 5. The third kappa shape index (κ3) is 5.66. The number of carbonyl (C=O) groups excluding carboxylic acids is 2. The molecule has 212 valence electrons. The van der Waals surface area contributed by atoms with E-state index in [0.717, 1.165) is 31.0 Å². The number of hydrogen-bond donors (Lipinski definition) is 1. The first-order valence-electron chi connectivity index (χ1n) is 12.7. The van der Waals surface area contributed by atoms with Crippen LogP contribution in [-0.4, -0.2) is 34.6 Å². The normalized spacial score (nSPS) is 16.8. The molecule has 1 aromatic heterocycles. The Balaban J connectivity index is 1.42. The summed E-state index contributed by atoms with van der Waals surface area (Å²) in [5, 5.41) is 6.84. The molecule has 2 aliphatic rings. The van der Waals surface area contributed by atoms with Crippen LogP contribution in [-0.2, 0) is 21.5 Å². The first kappa shape index (κ1) is 27.6. The van der Waals surface area contributed by atoms with Crippen molar-refractivity contribution in [3.63, 3.8) is 0 Å². The average molecular weight is 564 g/mol. The zero-order chi connectivity index (χ0) is 28.9. The van der Waals surface area contributed by atoms with Crippen LogP contribution >= 0.6 is 0 Å². The number of carbonyl (C=O) groups is 2. The number of alkyl halides is 3. The number of hydrogen-bond acceptors (Lipinski definition) is 5. The van der Waals surface area contributed by atoms with Crippen LogP contribution in [0, 0.1) is 17.0 Å². The van der Waals surface area contributed by atoms with Crippen molar-refractivity contribution in [2.45, 2.75) is 57.9 Å². The standard InChI is InChI=1S/C28H26F5N3O4/c1-3-39-24(37)19-10-17(11-22(30)23(19)16-13-34-36(14-16)15-26(2)6-7-26)35-25(38)27(8-9-27)20-5-4-18(12-21(20)29)40-28(31,32)33/h4-5,10-14H,3,6-9,15H2,1-2H3,(H,35,38). The van der Waals surface area contributed by atoms with Crippen molar-refractivity contribution in [1.29, 1.82) is 0 Å². The molecule has 2 fully saturated rings. The Morgan fingerprint density at radius 3 is 2.40 bits per heavy atom. The lowest BCUT2D eigenvalue weighted by Gasteiger charge is -2.19. The highest BCUT2D eigenvalue weighted by Gasteiger charge is 2.53. The molecule has 12 heteroatoms. The summed E-state index contributed by atoms with van der Waals surface area (Å²) in [4.78, 5) is 26.0. The number of amides is 1. The summed E-state index contributed by atoms with van der Waals surface area (Å²) in [6.07, 6.45) is 0.683. The maximum atomic E-state index is 15.5. The van der Waals surface area contributed by atoms with E-state index in [2.05, 4.69) is 22.1 Å². The van der Waals surface area contributed by atoms with E-state index in [-0.39, 0.29) is 47.2 Å². The highest BCUT2D eigenvalue weighted by molar-refractivity contribution is 6.04. The number of esters is 1. The van der Waals surface area contributed by atoms with Gasteiger partial charge in [0.25, 0.3) is 0 Å². The summed E-state index contributed by atoms with van der Waals surface area (Å²) >= 11 is 0. The topological polar surface area (TPSA) is 82.4 Å². The van der Waals surface area contributed by atoms with Crippen LogP contribution in [0.3, 0.4) is 0 Å². The molecular formula is C28H26F5N3O4. The molecule has 0 radical (unpaired) electrons. The lowest BCUT2D eigenvalue weighted by atomic mass is 9.93. The van der Waals surface area contributed by atoms with Crippen LogP contribution in [0.15, 0.2) is 42.7 Å². The predicted molar refractivity (Wildman–Crippen MR) is 134 cm³/mol. The van der Waals surface area contributed by atoms with Crippen molar-refractivity contribution < 1.29 is 41.0 Å². The smallest absolute Gasteiger partial charge is 0.462 e. The van der Waals surface area contributed by atoms with Gasteiger partial charge in [-0.2, -0.15) is 5.10 Å². The highest BCUT2D eigenvalue weighted by Crippen LogP contribution is 2.50. The van der Waals surface area contributed by atoms with E-state index in [1.165, 1.54) is 12.3 Å². The zero-order valence-electron chi connectivity index (χ0n) is 21.7. The van der Waals surface area contributed by atoms with Gasteiger partial charge in [0, 0.05) is 41.2 Å². The first-order valence-corrected chi connectivity index (χ1v) is 12.7. The minimum Gasteiger partial charge on any atom is -0.462 e. The van der Waals surface area contributed by atoms with Crippen molar-refractivity contribution in [2.24, 2.45) is 5.41 Å². The first-order chi connectivity index (χ1) is 18.8. The van der Waals surface area contributed by atoms with E-state index in [9.17, 15) is 27.2 Å². The number of benzene rings is 2. The summed E-state index contributed by atoms with van der Waals surface area (Å²) in [5.41, 5.74) is -1.18. The van der Waals surface area contributed by atoms with Crippen LogP contribution < -0.4 is 10.1 Å². The lowest BCUT2D eigenvalue weighted by Crippen LogP contribution is -2.29. The molecule has 0 unspecified atom stereocenters. The Kier molecular flexibility index (Phi) is 6.83. The van der Waals surface area contributed by atoms with Gasteiger partial charge in [0.1, 0.15) is 17.4 Å². The molecule has 7 nitrogen and oxygen atoms in total. The van der Waals surface area contributed by atoms with Crippen molar-refractivity contribution in [3.8, 4) is 16.9 Å². The Morgan fingerprint density at radius 2 is 1.80 bits per heavy atom. The maximum Gasteiger partial charge on any atom is 0.573 e. The quantitative estimate of drug-likeness (QED) is 0.242. The highest BCUT2D eigenvalue weighted by atomic mass is 19.4. The number of ether oxygens (including phenoxy) is 2. The molecule has 1 heterocycles. The van der Waals surface area contributed by atoms with E-state index in [1.807, 2.05) is 0 Å². The van der Waals surface area contributed by atoms with Crippen molar-refractivity contribution in [3.05, 3.63) is 65.5 Å². The monoisotopic (exact) mass is 563 g/mol. The van der Waals surface area contributed by atoms with Crippen LogP contribution in [0.25, 0.3) is 11.1 Å². The van der Waals surface area contributed by atoms with Crippen molar-refractivity contribution in [1.82, 2.24) is 9.78 Å². The Hall–Kier alpha value is -3.96. The second kappa shape index (κ2) is 9.90. The summed E-state index contributed by atoms with van der Waals surface area (Å²) in [6, 6.07) is 4.88. The van der Waals surface area contributed by atoms with Gasteiger partial charge < -0.3 is 14.8 Å². The van der Waals surface area contributed by atoms with Gasteiger partial charge >= 0.3 is 12.3 Å². The number of rotatable bonds is 9. The van der Waals surface area contributed by atoms with Gasteiger partial charge in [-0.3, -0.25) is 9.48 Å². The van der Waals surface area contributed by atoms with Crippen molar-refractivity contribution >= 4 is 17.6 Å². The minimum atomic E-state index is -5.00. The molecule has 0 atom stereocenters. The Morgan fingerprint density at radius 1 is 1.07 bits per heavy atom. The van der Waals surface area contributed by atoms with Gasteiger partial charge in [0.05, 0.1) is 23.8 Å². The third-order valence-corrected chi connectivity index (χ3v) is 7.29. The molecule has 0 bridgehead atoms. The minimum absolute atomic E-state index is 0.0314. The number of nitrogens with zero attached hydrogens (tertiary/aromatic N) is 2. The SMILES string of the molecule is CCOC(=O)c1cc(NC(=O)C2(c3ccc(OC(F)(F)F)cc3F)CC2)cc(F)c1-c1cnn(CC2(C)CC2)c1. The Labute approximate surface area is 226 Å². The second-order valence-electron chi connectivity index (χ2n) is 10.6. The molecular weight excluding hydrogens is 537 g/mol. The second-order valence-corrected chi connectivity index (χ2v) is 10.6. The summed E-state index contributed by atoms with van der Waals surface area (Å²) < 4.78 is 78.3. The van der Waals surface area contributed by atoms with Gasteiger partial charge in [-0.25, -0.2) is 13.6 Å². The lowest BCUT2D eigenvalue weighted by molar-refractivity contribution is -0.274. The van der Waals surface area contributed by atoms with Crippen molar-refractivity contribution in [2.75, 3.05) is 11.9 Å². The number of nitrogens with one attached hydrogen (secondary N) is 1. The summed E-state index contributed by atoms with van der Waals surface area (Å²) in [6.45, 7) is 4.41. The zero-order valence-corrected chi connectivity index (χ0v) is 21.7. The molecule has 2 aliphatic carbocycles. The van der Waals surface area contributed by atoms with Crippen LogP contribution in [0.2, 0.25) is 0 Å². The van der Waals surface area contributed by atoms with E-state index < -0.39 is 41.0 Å². The van der Waals surface area contributed by atoms with E-state index in [0.29, 0.717) is 18.2 Å². The Bertz CT molecular complexity index is 1480. The van der Waals surface area contributed by atoms with E-state index in [4.69, 9.17) is 4.74 Å². The number of anilines is 1. The number of aromatic nitrogens is 2. The fourth-order valence-corrected chi connectivity index (χ4v) is 4.76.